The van der Waals surface area contributed by atoms with Crippen LogP contribution in [0.3, 0.4) is 0 Å². The fourth-order valence-electron chi connectivity index (χ4n) is 6.57. The van der Waals surface area contributed by atoms with Crippen LogP contribution in [0.15, 0.2) is 0 Å². The van der Waals surface area contributed by atoms with Gasteiger partial charge in [0, 0.05) is 19.8 Å². The summed E-state index contributed by atoms with van der Waals surface area (Å²) in [6, 6.07) is 0. The number of rotatable bonds is 21. The molecule has 218 valence electrons. The second-order valence-electron chi connectivity index (χ2n) is 12.6. The third kappa shape index (κ3) is 11.8. The molecule has 0 saturated carbocycles. The minimum atomic E-state index is -0.256. The van der Waals surface area contributed by atoms with E-state index in [1.54, 1.807) is 0 Å². The predicted octanol–water partition coefficient (Wildman–Crippen LogP) is 9.98. The summed E-state index contributed by atoms with van der Waals surface area (Å²) in [4.78, 5) is 30.6. The van der Waals surface area contributed by atoms with E-state index in [0.29, 0.717) is 24.0 Å². The number of piperidine rings is 1. The maximum Gasteiger partial charge on any atom is 0.322 e. The van der Waals surface area contributed by atoms with Crippen LogP contribution in [0.1, 0.15) is 177 Å². The molecule has 4 nitrogen and oxygen atoms in total. The van der Waals surface area contributed by atoms with Crippen LogP contribution in [0.4, 0.5) is 0 Å². The Hall–Kier alpha value is -0.900. The molecule has 0 N–H and O–H groups in total. The summed E-state index contributed by atoms with van der Waals surface area (Å²) in [5.41, 5.74) is -0.489. The molecule has 0 spiro atoms. The molecule has 4 heteroatoms. The van der Waals surface area contributed by atoms with E-state index in [2.05, 4.69) is 41.5 Å². The van der Waals surface area contributed by atoms with Gasteiger partial charge in [-0.05, 0) is 51.4 Å². The van der Waals surface area contributed by atoms with E-state index in [9.17, 15) is 9.59 Å². The topological polar surface area (TPSA) is 46.6 Å². The Bertz CT molecular complexity index is 635. The van der Waals surface area contributed by atoms with E-state index in [0.717, 1.165) is 32.1 Å². The summed E-state index contributed by atoms with van der Waals surface area (Å²) in [6.07, 6.45) is 24.3. The van der Waals surface area contributed by atoms with Crippen LogP contribution in [0.5, 0.6) is 0 Å². The van der Waals surface area contributed by atoms with Crippen LogP contribution in [-0.4, -0.2) is 27.9 Å². The van der Waals surface area contributed by atoms with E-state index in [1.165, 1.54) is 96.8 Å². The Morgan fingerprint density at radius 3 is 1.62 bits per heavy atom. The van der Waals surface area contributed by atoms with Crippen molar-refractivity contribution in [2.24, 2.45) is 11.8 Å². The molecule has 0 amide bonds. The van der Waals surface area contributed by atoms with Gasteiger partial charge in [-0.3, -0.25) is 9.59 Å². The summed E-state index contributed by atoms with van der Waals surface area (Å²) >= 11 is 0. The molecule has 1 saturated heterocycles. The first-order valence-electron chi connectivity index (χ1n) is 16.1. The lowest BCUT2D eigenvalue weighted by molar-refractivity contribution is -0.293. The second kappa shape index (κ2) is 18.4. The van der Waals surface area contributed by atoms with Gasteiger partial charge in [-0.15, -0.1) is 5.06 Å². The molecule has 1 aliphatic rings. The Morgan fingerprint density at radius 2 is 1.22 bits per heavy atom. The lowest BCUT2D eigenvalue weighted by atomic mass is 9.64. The van der Waals surface area contributed by atoms with Gasteiger partial charge in [-0.2, -0.15) is 0 Å². The van der Waals surface area contributed by atoms with Gasteiger partial charge in [-0.25, -0.2) is 0 Å². The summed E-state index contributed by atoms with van der Waals surface area (Å²) in [5.74, 6) is 0.797. The number of unbranched alkanes of at least 4 members (excludes halogenated alkanes) is 14. The number of nitrogens with zero attached hydrogens (tertiary/aromatic N) is 1. The molecule has 37 heavy (non-hydrogen) atoms. The molecule has 0 radical (unpaired) electrons. The summed E-state index contributed by atoms with van der Waals surface area (Å²) in [5, 5.41) is 1.99. The highest BCUT2D eigenvalue weighted by Gasteiger charge is 2.54. The van der Waals surface area contributed by atoms with Crippen molar-refractivity contribution >= 4 is 11.8 Å². The zero-order chi connectivity index (χ0) is 27.7. The highest BCUT2D eigenvalue weighted by Crippen LogP contribution is 2.49. The molecule has 0 aromatic heterocycles. The summed E-state index contributed by atoms with van der Waals surface area (Å²) in [7, 11) is 0. The zero-order valence-corrected chi connectivity index (χ0v) is 26.0. The second-order valence-corrected chi connectivity index (χ2v) is 12.6. The van der Waals surface area contributed by atoms with Crippen molar-refractivity contribution in [2.45, 2.75) is 188 Å². The lowest BCUT2D eigenvalue weighted by Gasteiger charge is -2.58. The van der Waals surface area contributed by atoms with Gasteiger partial charge in [-0.1, -0.05) is 118 Å². The number of carbonyl (C=O) groups excluding carboxylic acids is 2. The number of carbonyl (C=O) groups is 2. The average molecular weight is 522 g/mol. The number of hydroxylamine groups is 2. The summed E-state index contributed by atoms with van der Waals surface area (Å²) in [6.45, 7) is 14.8. The van der Waals surface area contributed by atoms with E-state index in [-0.39, 0.29) is 17.0 Å². The van der Waals surface area contributed by atoms with Crippen LogP contribution in [0.25, 0.3) is 0 Å². The first-order valence-corrected chi connectivity index (χ1v) is 16.1. The predicted molar refractivity (Wildman–Crippen MR) is 157 cm³/mol. The summed E-state index contributed by atoms with van der Waals surface area (Å²) < 4.78 is 0. The van der Waals surface area contributed by atoms with Crippen LogP contribution in [-0.2, 0) is 14.4 Å². The van der Waals surface area contributed by atoms with Crippen molar-refractivity contribution in [2.75, 3.05) is 0 Å². The van der Waals surface area contributed by atoms with Crippen LogP contribution in [0.2, 0.25) is 0 Å². The van der Waals surface area contributed by atoms with E-state index in [1.807, 2.05) is 5.06 Å². The number of hydrogen-bond donors (Lipinski definition) is 0. The number of hydrogen-bond acceptors (Lipinski definition) is 4. The SMILES string of the molecule is CCCCCCCCCCCCCCCCCC(=O)CC1CC(C)(CC)N(OC(C)=O)C(C)(CC)C1C. The third-order valence-corrected chi connectivity index (χ3v) is 9.59. The Morgan fingerprint density at radius 1 is 0.757 bits per heavy atom. The largest absolute Gasteiger partial charge is 0.367 e. The van der Waals surface area contributed by atoms with Crippen molar-refractivity contribution in [3.63, 3.8) is 0 Å². The van der Waals surface area contributed by atoms with Gasteiger partial charge in [0.05, 0.1) is 11.1 Å². The Balaban J connectivity index is 2.26. The highest BCUT2D eigenvalue weighted by atomic mass is 16.7. The molecule has 1 rings (SSSR count). The van der Waals surface area contributed by atoms with Crippen molar-refractivity contribution in [3.8, 4) is 0 Å². The molecule has 0 aromatic rings. The molecular weight excluding hydrogens is 458 g/mol. The Labute approximate surface area is 231 Å². The van der Waals surface area contributed by atoms with Crippen LogP contribution >= 0.6 is 0 Å². The molecule has 0 aliphatic carbocycles. The first-order chi connectivity index (χ1) is 17.6. The standard InChI is InChI=1S/C33H63NO3/c1-8-11-12-13-14-15-16-17-18-19-20-21-22-23-24-25-31(36)26-30-27-32(6,9-2)34(37-29(5)35)33(7,10-3)28(30)4/h28,30H,8-27H2,1-7H3. The molecule has 4 unspecified atom stereocenters. The Kier molecular flexibility index (Phi) is 17.0. The molecule has 1 aliphatic heterocycles. The zero-order valence-electron chi connectivity index (χ0n) is 26.0. The first kappa shape index (κ1) is 34.1. The smallest absolute Gasteiger partial charge is 0.322 e. The van der Waals surface area contributed by atoms with E-state index >= 15 is 0 Å². The molecule has 4 atom stereocenters. The normalized spacial score (nSPS) is 26.4. The van der Waals surface area contributed by atoms with Gasteiger partial charge in [0.15, 0.2) is 0 Å². The van der Waals surface area contributed by atoms with Gasteiger partial charge in [0.2, 0.25) is 0 Å². The molecule has 0 bridgehead atoms. The molecule has 1 fully saturated rings. The van der Waals surface area contributed by atoms with E-state index < -0.39 is 0 Å². The van der Waals surface area contributed by atoms with Crippen molar-refractivity contribution in [3.05, 3.63) is 0 Å². The number of ketones is 1. The van der Waals surface area contributed by atoms with Crippen molar-refractivity contribution < 1.29 is 14.4 Å². The third-order valence-electron chi connectivity index (χ3n) is 9.59. The van der Waals surface area contributed by atoms with Gasteiger partial charge >= 0.3 is 5.97 Å². The molecule has 0 aromatic carbocycles. The fourth-order valence-corrected chi connectivity index (χ4v) is 6.57. The maximum absolute atomic E-state index is 12.9. The molecular formula is C33H63NO3. The molecule has 1 heterocycles. The number of Topliss-reactive ketones (excluding diaryl/α,β-unsaturated/α-hetero) is 1. The fraction of sp³-hybridized carbons (Fsp3) is 0.939. The van der Waals surface area contributed by atoms with Gasteiger partial charge in [0.25, 0.3) is 0 Å². The minimum absolute atomic E-state index is 0.234. The lowest BCUT2D eigenvalue weighted by Crippen LogP contribution is -2.66. The average Bonchev–Trinajstić information content (AvgIpc) is 2.87. The van der Waals surface area contributed by atoms with Crippen molar-refractivity contribution in [1.82, 2.24) is 5.06 Å². The minimum Gasteiger partial charge on any atom is -0.367 e. The highest BCUT2D eigenvalue weighted by molar-refractivity contribution is 5.78. The van der Waals surface area contributed by atoms with Gasteiger partial charge < -0.3 is 4.84 Å². The monoisotopic (exact) mass is 521 g/mol. The van der Waals surface area contributed by atoms with Crippen LogP contribution < -0.4 is 0 Å². The quantitative estimate of drug-likeness (QED) is 0.141. The van der Waals surface area contributed by atoms with Crippen LogP contribution in [0, 0.1) is 11.8 Å². The maximum atomic E-state index is 12.9. The van der Waals surface area contributed by atoms with Crippen molar-refractivity contribution in [1.29, 1.82) is 0 Å². The van der Waals surface area contributed by atoms with E-state index in [4.69, 9.17) is 4.84 Å². The van der Waals surface area contributed by atoms with Gasteiger partial charge in [0.1, 0.15) is 5.78 Å².